The predicted molar refractivity (Wildman–Crippen MR) is 53.5 cm³/mol. The van der Waals surface area contributed by atoms with Crippen LogP contribution in [0.2, 0.25) is 0 Å². The first kappa shape index (κ1) is 12.5. The van der Waals surface area contributed by atoms with E-state index in [1.165, 1.54) is 0 Å². The second-order valence-corrected chi connectivity index (χ2v) is 3.68. The van der Waals surface area contributed by atoms with Crippen LogP contribution in [0, 0.1) is 5.92 Å². The maximum Gasteiger partial charge on any atom is 0.326 e. The molecule has 2 N–H and O–H groups in total. The highest BCUT2D eigenvalue weighted by Crippen LogP contribution is 2.28. The van der Waals surface area contributed by atoms with Crippen LogP contribution in [0.3, 0.4) is 0 Å². The highest BCUT2D eigenvalue weighted by molar-refractivity contribution is 5.88. The van der Waals surface area contributed by atoms with Gasteiger partial charge in [-0.25, -0.2) is 4.79 Å². The molecule has 1 fully saturated rings. The minimum atomic E-state index is -1.22. The highest BCUT2D eigenvalue weighted by Gasteiger charge is 2.33. The Morgan fingerprint density at radius 1 is 1.44 bits per heavy atom. The zero-order valence-electron chi connectivity index (χ0n) is 9.06. The average Bonchev–Trinajstić information content (AvgIpc) is 2.99. The van der Waals surface area contributed by atoms with Crippen molar-refractivity contribution < 1.29 is 24.2 Å². The maximum atomic E-state index is 11.3. The number of aliphatic carboxylic acids is 1. The Bertz CT molecular complexity index is 298. The van der Waals surface area contributed by atoms with Crippen LogP contribution < -0.4 is 5.32 Å². The maximum absolute atomic E-state index is 11.3. The molecule has 0 aromatic carbocycles. The summed E-state index contributed by atoms with van der Waals surface area (Å²) in [7, 11) is 0. The molecular weight excluding hydrogens is 214 g/mol. The Balaban J connectivity index is 2.43. The second-order valence-electron chi connectivity index (χ2n) is 3.68. The highest BCUT2D eigenvalue weighted by atomic mass is 16.5. The smallest absolute Gasteiger partial charge is 0.326 e. The Labute approximate surface area is 93.0 Å². The number of carbonyl (C=O) groups is 3. The van der Waals surface area contributed by atoms with E-state index in [4.69, 9.17) is 5.11 Å². The number of esters is 1. The van der Waals surface area contributed by atoms with Crippen LogP contribution in [0.5, 0.6) is 0 Å². The van der Waals surface area contributed by atoms with Crippen molar-refractivity contribution in [1.82, 2.24) is 5.32 Å². The van der Waals surface area contributed by atoms with E-state index in [1.54, 1.807) is 6.92 Å². The molecule has 1 amide bonds. The largest absolute Gasteiger partial charge is 0.480 e. The van der Waals surface area contributed by atoms with Gasteiger partial charge in [0.2, 0.25) is 5.91 Å². The molecule has 90 valence electrons. The van der Waals surface area contributed by atoms with Crippen molar-refractivity contribution in [1.29, 1.82) is 0 Å². The third kappa shape index (κ3) is 3.88. The first-order valence-electron chi connectivity index (χ1n) is 5.23. The summed E-state index contributed by atoms with van der Waals surface area (Å²) < 4.78 is 4.63. The van der Waals surface area contributed by atoms with Gasteiger partial charge >= 0.3 is 11.9 Å². The van der Waals surface area contributed by atoms with Crippen LogP contribution in [0.25, 0.3) is 0 Å². The van der Waals surface area contributed by atoms with Crippen LogP contribution >= 0.6 is 0 Å². The number of ether oxygens (including phenoxy) is 1. The summed E-state index contributed by atoms with van der Waals surface area (Å²) in [5.74, 6) is -2.21. The molecule has 0 spiro atoms. The van der Waals surface area contributed by atoms with Gasteiger partial charge in [-0.2, -0.15) is 0 Å². The molecule has 0 radical (unpaired) electrons. The molecule has 1 saturated carbocycles. The lowest BCUT2D eigenvalue weighted by Crippen LogP contribution is -2.43. The molecule has 1 atom stereocenters. The molecule has 0 unspecified atom stereocenters. The van der Waals surface area contributed by atoms with Gasteiger partial charge in [-0.15, -0.1) is 0 Å². The van der Waals surface area contributed by atoms with Crippen molar-refractivity contribution in [3.05, 3.63) is 0 Å². The van der Waals surface area contributed by atoms with Crippen molar-refractivity contribution in [2.24, 2.45) is 5.92 Å². The van der Waals surface area contributed by atoms with E-state index in [0.29, 0.717) is 0 Å². The molecule has 0 aromatic rings. The Morgan fingerprint density at radius 2 is 2.06 bits per heavy atom. The third-order valence-electron chi connectivity index (χ3n) is 2.24. The summed E-state index contributed by atoms with van der Waals surface area (Å²) in [6.07, 6.45) is 1.25. The zero-order chi connectivity index (χ0) is 12.1. The fourth-order valence-corrected chi connectivity index (χ4v) is 1.22. The molecule has 1 aliphatic rings. The van der Waals surface area contributed by atoms with Crippen LogP contribution in [0.1, 0.15) is 26.2 Å². The minimum Gasteiger partial charge on any atom is -0.480 e. The van der Waals surface area contributed by atoms with Gasteiger partial charge in [0.15, 0.2) is 0 Å². The number of carboxylic acids is 1. The standard InChI is InChI=1S/C10H15NO5/c1-2-16-8(12)5-7(10(14)15)11-9(13)6-3-4-6/h6-7H,2-5H2,1H3,(H,11,13)(H,14,15)/t7-/m1/s1. The topological polar surface area (TPSA) is 92.7 Å². The van der Waals surface area contributed by atoms with Crippen molar-refractivity contribution >= 4 is 17.8 Å². The fourth-order valence-electron chi connectivity index (χ4n) is 1.22. The van der Waals surface area contributed by atoms with Crippen LogP contribution in [-0.2, 0) is 19.1 Å². The molecule has 1 aliphatic carbocycles. The fraction of sp³-hybridized carbons (Fsp3) is 0.700. The summed E-state index contributed by atoms with van der Waals surface area (Å²) >= 11 is 0. The average molecular weight is 229 g/mol. The number of carbonyl (C=O) groups excluding carboxylic acids is 2. The SMILES string of the molecule is CCOC(=O)C[C@@H](NC(=O)C1CC1)C(=O)O. The third-order valence-corrected chi connectivity index (χ3v) is 2.24. The van der Waals surface area contributed by atoms with Gasteiger partial charge in [0.25, 0.3) is 0 Å². The van der Waals surface area contributed by atoms with E-state index < -0.39 is 18.0 Å². The number of carboxylic acid groups (broad SMARTS) is 1. The quantitative estimate of drug-likeness (QED) is 0.621. The lowest BCUT2D eigenvalue weighted by atomic mass is 10.2. The molecule has 1 rings (SSSR count). The van der Waals surface area contributed by atoms with Gasteiger partial charge in [0.05, 0.1) is 13.0 Å². The predicted octanol–water partition coefficient (Wildman–Crippen LogP) is -0.0810. The van der Waals surface area contributed by atoms with Crippen molar-refractivity contribution in [3.8, 4) is 0 Å². The number of nitrogens with one attached hydrogen (secondary N) is 1. The van der Waals surface area contributed by atoms with Gasteiger partial charge in [0, 0.05) is 5.92 Å². The summed E-state index contributed by atoms with van der Waals surface area (Å²) in [5.41, 5.74) is 0. The molecule has 0 bridgehead atoms. The summed E-state index contributed by atoms with van der Waals surface area (Å²) in [6, 6.07) is -1.19. The first-order chi connectivity index (χ1) is 7.54. The number of amides is 1. The molecule has 6 heteroatoms. The van der Waals surface area contributed by atoms with E-state index in [2.05, 4.69) is 10.1 Å². The Morgan fingerprint density at radius 3 is 2.50 bits per heavy atom. The molecule has 0 heterocycles. The molecular formula is C10H15NO5. The first-order valence-corrected chi connectivity index (χ1v) is 5.23. The Hall–Kier alpha value is -1.59. The van der Waals surface area contributed by atoms with E-state index in [1.807, 2.05) is 0 Å². The monoisotopic (exact) mass is 229 g/mol. The number of hydrogen-bond acceptors (Lipinski definition) is 4. The van der Waals surface area contributed by atoms with Gasteiger partial charge in [-0.05, 0) is 19.8 Å². The van der Waals surface area contributed by atoms with E-state index in [0.717, 1.165) is 12.8 Å². The molecule has 0 aromatic heterocycles. The van der Waals surface area contributed by atoms with E-state index in [-0.39, 0.29) is 24.9 Å². The van der Waals surface area contributed by atoms with Crippen molar-refractivity contribution in [2.45, 2.75) is 32.2 Å². The summed E-state index contributed by atoms with van der Waals surface area (Å²) in [6.45, 7) is 1.83. The van der Waals surface area contributed by atoms with Gasteiger partial charge < -0.3 is 15.2 Å². The number of rotatable bonds is 6. The minimum absolute atomic E-state index is 0.0796. The normalized spacial score (nSPS) is 16.3. The lowest BCUT2D eigenvalue weighted by molar-refractivity contribution is -0.150. The van der Waals surface area contributed by atoms with Gasteiger partial charge in [-0.3, -0.25) is 9.59 Å². The Kier molecular flexibility index (Phi) is 4.28. The van der Waals surface area contributed by atoms with E-state index in [9.17, 15) is 14.4 Å². The van der Waals surface area contributed by atoms with Gasteiger partial charge in [0.1, 0.15) is 6.04 Å². The zero-order valence-corrected chi connectivity index (χ0v) is 9.06. The van der Waals surface area contributed by atoms with Crippen LogP contribution in [0.15, 0.2) is 0 Å². The molecule has 0 saturated heterocycles. The molecule has 16 heavy (non-hydrogen) atoms. The molecule has 0 aliphatic heterocycles. The van der Waals surface area contributed by atoms with Crippen molar-refractivity contribution in [2.75, 3.05) is 6.61 Å². The summed E-state index contributed by atoms with van der Waals surface area (Å²) in [4.78, 5) is 33.2. The lowest BCUT2D eigenvalue weighted by Gasteiger charge is -2.13. The van der Waals surface area contributed by atoms with Crippen molar-refractivity contribution in [3.63, 3.8) is 0 Å². The van der Waals surface area contributed by atoms with Crippen LogP contribution in [-0.4, -0.2) is 35.6 Å². The second kappa shape index (κ2) is 5.48. The molecule has 6 nitrogen and oxygen atoms in total. The van der Waals surface area contributed by atoms with E-state index >= 15 is 0 Å². The van der Waals surface area contributed by atoms with Crippen LogP contribution in [0.4, 0.5) is 0 Å². The number of hydrogen-bond donors (Lipinski definition) is 2. The van der Waals surface area contributed by atoms with Gasteiger partial charge in [-0.1, -0.05) is 0 Å². The summed E-state index contributed by atoms with van der Waals surface area (Å²) in [5, 5.41) is 11.1.